The molecule has 0 aromatic rings. The molecule has 0 bridgehead atoms. The molecule has 0 spiro atoms. The highest BCUT2D eigenvalue weighted by atomic mass is 14.3. The lowest BCUT2D eigenvalue weighted by molar-refractivity contribution is 0.172. The molecule has 0 fully saturated rings. The number of rotatable bonds is 9. The van der Waals surface area contributed by atoms with Crippen LogP contribution < -0.4 is 0 Å². The minimum atomic E-state index is 0.859. The second kappa shape index (κ2) is 9.07. The molecule has 0 aromatic carbocycles. The van der Waals surface area contributed by atoms with E-state index in [4.69, 9.17) is 0 Å². The monoisotopic (exact) mass is 226 g/mol. The predicted octanol–water partition coefficient (Wildman–Crippen LogP) is 5.91. The maximum absolute atomic E-state index is 2.39. The standard InChI is InChI=1S/C16H34/c1-7-11-14(8-2)16(10-4)15(9-3)12-13(5)6/h13-16H,7-12H2,1-6H3. The van der Waals surface area contributed by atoms with Crippen LogP contribution in [-0.4, -0.2) is 0 Å². The first-order valence-corrected chi connectivity index (χ1v) is 7.60. The fourth-order valence-corrected chi connectivity index (χ4v) is 3.39. The van der Waals surface area contributed by atoms with Gasteiger partial charge in [-0.05, 0) is 30.1 Å². The summed E-state index contributed by atoms with van der Waals surface area (Å²) in [6.45, 7) is 14.2. The zero-order valence-corrected chi connectivity index (χ0v) is 12.6. The fourth-order valence-electron chi connectivity index (χ4n) is 3.39. The van der Waals surface area contributed by atoms with Crippen LogP contribution in [0.15, 0.2) is 0 Å². The summed E-state index contributed by atoms with van der Waals surface area (Å²) in [6, 6.07) is 0. The molecule has 0 amide bonds. The van der Waals surface area contributed by atoms with Crippen LogP contribution in [0.1, 0.15) is 80.1 Å². The van der Waals surface area contributed by atoms with Crippen LogP contribution in [0.3, 0.4) is 0 Å². The molecule has 0 heterocycles. The van der Waals surface area contributed by atoms with E-state index in [2.05, 4.69) is 41.5 Å². The average molecular weight is 226 g/mol. The zero-order chi connectivity index (χ0) is 12.6. The molecule has 3 atom stereocenters. The second-order valence-electron chi connectivity index (χ2n) is 5.83. The Morgan fingerprint density at radius 2 is 1.31 bits per heavy atom. The zero-order valence-electron chi connectivity index (χ0n) is 12.6. The van der Waals surface area contributed by atoms with E-state index in [1.165, 1.54) is 38.5 Å². The topological polar surface area (TPSA) is 0 Å². The lowest BCUT2D eigenvalue weighted by Gasteiger charge is -2.33. The average Bonchev–Trinajstić information content (AvgIpc) is 2.26. The molecule has 0 nitrogen and oxygen atoms in total. The second-order valence-corrected chi connectivity index (χ2v) is 5.83. The minimum Gasteiger partial charge on any atom is -0.0654 e. The first kappa shape index (κ1) is 16.0. The van der Waals surface area contributed by atoms with E-state index in [9.17, 15) is 0 Å². The van der Waals surface area contributed by atoms with E-state index < -0.39 is 0 Å². The van der Waals surface area contributed by atoms with Gasteiger partial charge < -0.3 is 0 Å². The van der Waals surface area contributed by atoms with Gasteiger partial charge in [-0.15, -0.1) is 0 Å². The van der Waals surface area contributed by atoms with Crippen LogP contribution in [0.2, 0.25) is 0 Å². The first-order valence-electron chi connectivity index (χ1n) is 7.60. The van der Waals surface area contributed by atoms with E-state index in [1.54, 1.807) is 0 Å². The summed E-state index contributed by atoms with van der Waals surface area (Å²) in [7, 11) is 0. The number of hydrogen-bond acceptors (Lipinski definition) is 0. The Morgan fingerprint density at radius 3 is 1.62 bits per heavy atom. The molecule has 3 unspecified atom stereocenters. The van der Waals surface area contributed by atoms with Crippen molar-refractivity contribution < 1.29 is 0 Å². The van der Waals surface area contributed by atoms with Crippen molar-refractivity contribution in [3.8, 4) is 0 Å². The Kier molecular flexibility index (Phi) is 9.07. The molecular formula is C16H34. The van der Waals surface area contributed by atoms with Crippen LogP contribution in [0.25, 0.3) is 0 Å². The fraction of sp³-hybridized carbons (Fsp3) is 1.00. The van der Waals surface area contributed by atoms with Crippen LogP contribution in [0.5, 0.6) is 0 Å². The van der Waals surface area contributed by atoms with E-state index in [0.29, 0.717) is 0 Å². The quantitative estimate of drug-likeness (QED) is 0.458. The largest absolute Gasteiger partial charge is 0.0654 e. The van der Waals surface area contributed by atoms with Crippen molar-refractivity contribution in [3.63, 3.8) is 0 Å². The Morgan fingerprint density at radius 1 is 0.750 bits per heavy atom. The van der Waals surface area contributed by atoms with Crippen LogP contribution >= 0.6 is 0 Å². The maximum Gasteiger partial charge on any atom is -0.0360 e. The van der Waals surface area contributed by atoms with E-state index in [1.807, 2.05) is 0 Å². The predicted molar refractivity (Wildman–Crippen MR) is 75.7 cm³/mol. The van der Waals surface area contributed by atoms with Crippen molar-refractivity contribution in [1.82, 2.24) is 0 Å². The normalized spacial score (nSPS) is 17.4. The van der Waals surface area contributed by atoms with Gasteiger partial charge in [0.05, 0.1) is 0 Å². The van der Waals surface area contributed by atoms with Gasteiger partial charge in [0.2, 0.25) is 0 Å². The van der Waals surface area contributed by atoms with Crippen molar-refractivity contribution in [2.75, 3.05) is 0 Å². The van der Waals surface area contributed by atoms with Gasteiger partial charge in [0, 0.05) is 0 Å². The Hall–Kier alpha value is 0. The van der Waals surface area contributed by atoms with Gasteiger partial charge >= 0.3 is 0 Å². The molecule has 0 aliphatic rings. The van der Waals surface area contributed by atoms with E-state index in [0.717, 1.165) is 23.7 Å². The number of hydrogen-bond donors (Lipinski definition) is 0. The van der Waals surface area contributed by atoms with Crippen molar-refractivity contribution in [2.24, 2.45) is 23.7 Å². The highest BCUT2D eigenvalue weighted by molar-refractivity contribution is 4.76. The summed E-state index contributed by atoms with van der Waals surface area (Å²) in [4.78, 5) is 0. The third-order valence-electron chi connectivity index (χ3n) is 4.16. The van der Waals surface area contributed by atoms with Crippen LogP contribution in [-0.2, 0) is 0 Å². The van der Waals surface area contributed by atoms with Gasteiger partial charge in [0.25, 0.3) is 0 Å². The third-order valence-corrected chi connectivity index (χ3v) is 4.16. The summed E-state index contributed by atoms with van der Waals surface area (Å²) in [5, 5.41) is 0. The Balaban J connectivity index is 4.49. The SMILES string of the molecule is CCCC(CC)C(CC)C(CC)CC(C)C. The van der Waals surface area contributed by atoms with Crippen molar-refractivity contribution in [2.45, 2.75) is 80.1 Å². The highest BCUT2D eigenvalue weighted by Crippen LogP contribution is 2.35. The Bertz CT molecular complexity index is 148. The van der Waals surface area contributed by atoms with Crippen molar-refractivity contribution in [1.29, 1.82) is 0 Å². The van der Waals surface area contributed by atoms with Gasteiger partial charge in [0.15, 0.2) is 0 Å². The summed E-state index contributed by atoms with van der Waals surface area (Å²) < 4.78 is 0. The van der Waals surface area contributed by atoms with Crippen molar-refractivity contribution >= 4 is 0 Å². The highest BCUT2D eigenvalue weighted by Gasteiger charge is 2.25. The van der Waals surface area contributed by atoms with Gasteiger partial charge in [0.1, 0.15) is 0 Å². The van der Waals surface area contributed by atoms with Gasteiger partial charge in [-0.1, -0.05) is 73.6 Å². The molecule has 0 aliphatic heterocycles. The molecule has 16 heavy (non-hydrogen) atoms. The molecule has 98 valence electrons. The molecule has 0 heteroatoms. The summed E-state index contributed by atoms with van der Waals surface area (Å²) >= 11 is 0. The maximum atomic E-state index is 2.39. The van der Waals surface area contributed by atoms with E-state index in [-0.39, 0.29) is 0 Å². The molecule has 0 radical (unpaired) electrons. The van der Waals surface area contributed by atoms with Crippen molar-refractivity contribution in [3.05, 3.63) is 0 Å². The van der Waals surface area contributed by atoms with Crippen LogP contribution in [0, 0.1) is 23.7 Å². The smallest absolute Gasteiger partial charge is 0.0360 e. The third kappa shape index (κ3) is 5.37. The molecular weight excluding hydrogens is 192 g/mol. The molecule has 0 saturated carbocycles. The first-order chi connectivity index (χ1) is 7.60. The van der Waals surface area contributed by atoms with Gasteiger partial charge in [-0.25, -0.2) is 0 Å². The molecule has 0 saturated heterocycles. The van der Waals surface area contributed by atoms with E-state index >= 15 is 0 Å². The molecule has 0 N–H and O–H groups in total. The minimum absolute atomic E-state index is 0.859. The van der Waals surface area contributed by atoms with Crippen LogP contribution in [0.4, 0.5) is 0 Å². The molecule has 0 aromatic heterocycles. The molecule has 0 rings (SSSR count). The summed E-state index contributed by atoms with van der Waals surface area (Å²) in [6.07, 6.45) is 8.34. The molecule has 0 aliphatic carbocycles. The summed E-state index contributed by atoms with van der Waals surface area (Å²) in [5.74, 6) is 3.76. The lowest BCUT2D eigenvalue weighted by atomic mass is 9.72. The Labute approximate surface area is 104 Å². The summed E-state index contributed by atoms with van der Waals surface area (Å²) in [5.41, 5.74) is 0. The van der Waals surface area contributed by atoms with Gasteiger partial charge in [-0.3, -0.25) is 0 Å². The lowest BCUT2D eigenvalue weighted by Crippen LogP contribution is -2.24. The van der Waals surface area contributed by atoms with Gasteiger partial charge in [-0.2, -0.15) is 0 Å².